The van der Waals surface area contributed by atoms with Crippen molar-refractivity contribution in [3.05, 3.63) is 95.0 Å². The largest absolute Gasteiger partial charge is 0.389 e. The van der Waals surface area contributed by atoms with Gasteiger partial charge in [-0.1, -0.05) is 42.5 Å². The number of amides is 1. The number of aromatic nitrogens is 2. The minimum absolute atomic E-state index is 0.316. The van der Waals surface area contributed by atoms with Crippen molar-refractivity contribution in [2.75, 3.05) is 5.32 Å². The third-order valence-corrected chi connectivity index (χ3v) is 6.01. The molecular weight excluding hydrogens is 434 g/mol. The third kappa shape index (κ3) is 5.41. The van der Waals surface area contributed by atoms with E-state index in [4.69, 9.17) is 0 Å². The molecule has 2 aromatic carbocycles. The summed E-state index contributed by atoms with van der Waals surface area (Å²) in [6.07, 6.45) is 1.07. The summed E-state index contributed by atoms with van der Waals surface area (Å²) in [7, 11) is 0. The third-order valence-electron chi connectivity index (χ3n) is 4.90. The first-order valence-electron chi connectivity index (χ1n) is 10.3. The number of aliphatic hydroxyl groups excluding tert-OH is 1. The first-order valence-corrected chi connectivity index (χ1v) is 11.1. The zero-order valence-electron chi connectivity index (χ0n) is 17.8. The van der Waals surface area contributed by atoms with Crippen LogP contribution in [-0.2, 0) is 0 Å². The first kappa shape index (κ1) is 22.1. The quantitative estimate of drug-likeness (QED) is 0.362. The lowest BCUT2D eigenvalue weighted by atomic mass is 10.1. The molecule has 0 bridgehead atoms. The Kier molecular flexibility index (Phi) is 6.74. The van der Waals surface area contributed by atoms with E-state index in [0.717, 1.165) is 21.7 Å². The number of hydrogen-bond acceptors (Lipinski definition) is 7. The van der Waals surface area contributed by atoms with Crippen molar-refractivity contribution in [3.63, 3.8) is 0 Å². The van der Waals surface area contributed by atoms with E-state index in [2.05, 4.69) is 26.7 Å². The van der Waals surface area contributed by atoms with Crippen LogP contribution < -0.4 is 10.6 Å². The van der Waals surface area contributed by atoms with E-state index in [1.807, 2.05) is 48.5 Å². The van der Waals surface area contributed by atoms with Crippen molar-refractivity contribution in [1.82, 2.24) is 15.3 Å². The average Bonchev–Trinajstić information content (AvgIpc) is 3.34. The van der Waals surface area contributed by atoms with Crippen molar-refractivity contribution in [2.45, 2.75) is 19.1 Å². The van der Waals surface area contributed by atoms with Gasteiger partial charge in [0.25, 0.3) is 5.91 Å². The molecule has 0 aliphatic carbocycles. The number of thiophene rings is 1. The van der Waals surface area contributed by atoms with E-state index < -0.39 is 12.1 Å². The van der Waals surface area contributed by atoms with Gasteiger partial charge in [-0.05, 0) is 48.4 Å². The molecule has 0 saturated carbocycles. The van der Waals surface area contributed by atoms with Crippen LogP contribution in [0.15, 0.2) is 79.0 Å². The van der Waals surface area contributed by atoms with Crippen LogP contribution in [0, 0.1) is 11.3 Å². The van der Waals surface area contributed by atoms with E-state index in [1.54, 1.807) is 37.4 Å². The number of anilines is 2. The van der Waals surface area contributed by atoms with Crippen LogP contribution in [0.5, 0.6) is 0 Å². The fourth-order valence-electron chi connectivity index (χ4n) is 3.20. The predicted molar refractivity (Wildman–Crippen MR) is 128 cm³/mol. The standard InChI is InChI=1S/C25H21N5O2S/c1-16(31)18-8-5-9-19(14-18)28-25-27-13-12-20(30-25)22-10-11-23(33-22)24(32)29-21(15-26)17-6-3-2-4-7-17/h2-14,16,21,31H,1H3,(H,29,32)(H,27,28,30). The summed E-state index contributed by atoms with van der Waals surface area (Å²) in [5.74, 6) is 0.0901. The van der Waals surface area contributed by atoms with Gasteiger partial charge in [-0.2, -0.15) is 5.26 Å². The van der Waals surface area contributed by atoms with Crippen LogP contribution >= 0.6 is 11.3 Å². The maximum absolute atomic E-state index is 12.7. The topological polar surface area (TPSA) is 111 Å². The Bertz CT molecular complexity index is 1300. The Balaban J connectivity index is 1.49. The van der Waals surface area contributed by atoms with Crippen LogP contribution in [0.2, 0.25) is 0 Å². The summed E-state index contributed by atoms with van der Waals surface area (Å²) in [4.78, 5) is 22.8. The monoisotopic (exact) mass is 455 g/mol. The van der Waals surface area contributed by atoms with E-state index in [1.165, 1.54) is 11.3 Å². The van der Waals surface area contributed by atoms with E-state index in [9.17, 15) is 15.2 Å². The molecule has 2 aromatic heterocycles. The van der Waals surface area contributed by atoms with Crippen molar-refractivity contribution >= 4 is 28.9 Å². The Morgan fingerprint density at radius 2 is 1.85 bits per heavy atom. The molecule has 0 aliphatic heterocycles. The number of nitriles is 1. The molecule has 1 amide bonds. The Morgan fingerprint density at radius 3 is 2.61 bits per heavy atom. The summed E-state index contributed by atoms with van der Waals surface area (Å²) in [6.45, 7) is 1.71. The molecule has 164 valence electrons. The van der Waals surface area contributed by atoms with Gasteiger partial charge in [-0.3, -0.25) is 4.79 Å². The van der Waals surface area contributed by atoms with Gasteiger partial charge in [-0.25, -0.2) is 9.97 Å². The number of rotatable bonds is 7. The van der Waals surface area contributed by atoms with Crippen molar-refractivity contribution in [1.29, 1.82) is 5.26 Å². The minimum Gasteiger partial charge on any atom is -0.389 e. The summed E-state index contributed by atoms with van der Waals surface area (Å²) in [6, 6.07) is 23.3. The highest BCUT2D eigenvalue weighted by Gasteiger charge is 2.17. The summed E-state index contributed by atoms with van der Waals surface area (Å²) in [5.41, 5.74) is 2.95. The van der Waals surface area contributed by atoms with Crippen molar-refractivity contribution < 1.29 is 9.90 Å². The molecule has 2 atom stereocenters. The number of carbonyl (C=O) groups is 1. The molecule has 33 heavy (non-hydrogen) atoms. The first-order chi connectivity index (χ1) is 16.0. The molecule has 0 aliphatic rings. The summed E-state index contributed by atoms with van der Waals surface area (Å²) < 4.78 is 0. The fourth-order valence-corrected chi connectivity index (χ4v) is 4.08. The van der Waals surface area contributed by atoms with Gasteiger partial charge in [0.1, 0.15) is 6.04 Å². The highest BCUT2D eigenvalue weighted by atomic mass is 32.1. The van der Waals surface area contributed by atoms with E-state index in [-0.39, 0.29) is 5.91 Å². The molecule has 0 saturated heterocycles. The summed E-state index contributed by atoms with van der Waals surface area (Å²) >= 11 is 1.29. The molecule has 3 N–H and O–H groups in total. The van der Waals surface area contributed by atoms with Gasteiger partial charge in [0.15, 0.2) is 0 Å². The highest BCUT2D eigenvalue weighted by Crippen LogP contribution is 2.28. The smallest absolute Gasteiger partial charge is 0.262 e. The molecule has 2 heterocycles. The number of nitrogens with zero attached hydrogens (tertiary/aromatic N) is 3. The second-order valence-corrected chi connectivity index (χ2v) is 8.39. The number of aliphatic hydroxyl groups is 1. The number of benzene rings is 2. The lowest BCUT2D eigenvalue weighted by molar-refractivity contribution is 0.0949. The van der Waals surface area contributed by atoms with Crippen LogP contribution in [0.3, 0.4) is 0 Å². The van der Waals surface area contributed by atoms with Gasteiger partial charge in [0, 0.05) is 11.9 Å². The normalized spacial score (nSPS) is 12.4. The maximum Gasteiger partial charge on any atom is 0.262 e. The van der Waals surface area contributed by atoms with Gasteiger partial charge in [0.2, 0.25) is 5.95 Å². The Hall–Kier alpha value is -4.06. The van der Waals surface area contributed by atoms with Crippen LogP contribution in [0.1, 0.15) is 39.9 Å². The van der Waals surface area contributed by atoms with Crippen LogP contribution in [-0.4, -0.2) is 21.0 Å². The lowest BCUT2D eigenvalue weighted by Crippen LogP contribution is -2.26. The SMILES string of the molecule is CC(O)c1cccc(Nc2nccc(-c3ccc(C(=O)NC(C#N)c4ccccc4)s3)n2)c1. The van der Waals surface area contributed by atoms with Gasteiger partial charge < -0.3 is 15.7 Å². The molecule has 8 heteroatoms. The molecule has 2 unspecified atom stereocenters. The maximum atomic E-state index is 12.7. The molecule has 0 spiro atoms. The van der Waals surface area contributed by atoms with Gasteiger partial charge in [0.05, 0.1) is 27.6 Å². The van der Waals surface area contributed by atoms with Crippen molar-refractivity contribution in [3.8, 4) is 16.6 Å². The second kappa shape index (κ2) is 10.0. The van der Waals surface area contributed by atoms with E-state index in [0.29, 0.717) is 16.5 Å². The van der Waals surface area contributed by atoms with Gasteiger partial charge in [-0.15, -0.1) is 11.3 Å². The molecule has 4 aromatic rings. The lowest BCUT2D eigenvalue weighted by Gasteiger charge is -2.10. The Labute approximate surface area is 195 Å². The zero-order chi connectivity index (χ0) is 23.2. The fraction of sp³-hybridized carbons (Fsp3) is 0.120. The number of nitrogens with one attached hydrogen (secondary N) is 2. The molecular formula is C25H21N5O2S. The van der Waals surface area contributed by atoms with Gasteiger partial charge >= 0.3 is 0 Å². The number of hydrogen-bond donors (Lipinski definition) is 3. The van der Waals surface area contributed by atoms with Crippen LogP contribution in [0.4, 0.5) is 11.6 Å². The predicted octanol–water partition coefficient (Wildman–Crippen LogP) is 5.00. The summed E-state index contributed by atoms with van der Waals surface area (Å²) in [5, 5.41) is 25.2. The van der Waals surface area contributed by atoms with Crippen LogP contribution in [0.25, 0.3) is 10.6 Å². The average molecular weight is 456 g/mol. The highest BCUT2D eigenvalue weighted by molar-refractivity contribution is 7.17. The molecule has 0 radical (unpaired) electrons. The molecule has 0 fully saturated rings. The van der Waals surface area contributed by atoms with Crippen molar-refractivity contribution in [2.24, 2.45) is 0 Å². The van der Waals surface area contributed by atoms with E-state index >= 15 is 0 Å². The Morgan fingerprint density at radius 1 is 1.06 bits per heavy atom. The second-order valence-electron chi connectivity index (χ2n) is 7.30. The number of carbonyl (C=O) groups excluding carboxylic acids is 1. The molecule has 4 rings (SSSR count). The minimum atomic E-state index is -0.725. The zero-order valence-corrected chi connectivity index (χ0v) is 18.6. The molecule has 7 nitrogen and oxygen atoms in total.